The molecule has 4 rings (SSSR count). The summed E-state index contributed by atoms with van der Waals surface area (Å²) in [6.07, 6.45) is 0.360. The number of aliphatic hydroxyl groups is 3. The van der Waals surface area contributed by atoms with Crippen LogP contribution < -0.4 is 10.2 Å². The molecule has 8 heteroatoms. The van der Waals surface area contributed by atoms with Crippen molar-refractivity contribution in [2.45, 2.75) is 63.1 Å². The monoisotopic (exact) mass is 479 g/mol. The van der Waals surface area contributed by atoms with Crippen LogP contribution in [0, 0.1) is 11.3 Å². The molecule has 1 amide bonds. The summed E-state index contributed by atoms with van der Waals surface area (Å²) in [5.74, 6) is -0.601. The molecular formula is C27H33N3O5. The molecule has 2 heterocycles. The third-order valence-corrected chi connectivity index (χ3v) is 6.90. The fourth-order valence-corrected chi connectivity index (χ4v) is 4.74. The van der Waals surface area contributed by atoms with E-state index in [1.807, 2.05) is 24.3 Å². The fourth-order valence-electron chi connectivity index (χ4n) is 4.74. The van der Waals surface area contributed by atoms with E-state index in [1.165, 1.54) is 31.0 Å². The number of piperidine rings is 1. The Balaban J connectivity index is 1.44. The van der Waals surface area contributed by atoms with Crippen LogP contribution in [0.2, 0.25) is 0 Å². The summed E-state index contributed by atoms with van der Waals surface area (Å²) in [6.45, 7) is 3.69. The highest BCUT2D eigenvalue weighted by Gasteiger charge is 2.36. The first-order valence-electron chi connectivity index (χ1n) is 12.2. The van der Waals surface area contributed by atoms with Crippen LogP contribution in [0.15, 0.2) is 42.0 Å². The minimum absolute atomic E-state index is 0.0163. The van der Waals surface area contributed by atoms with Crippen molar-refractivity contribution in [2.75, 3.05) is 24.5 Å². The predicted molar refractivity (Wildman–Crippen MR) is 134 cm³/mol. The van der Waals surface area contributed by atoms with Crippen LogP contribution in [0.4, 0.5) is 5.69 Å². The number of benzene rings is 2. The summed E-state index contributed by atoms with van der Waals surface area (Å²) in [4.78, 5) is 15.1. The summed E-state index contributed by atoms with van der Waals surface area (Å²) >= 11 is 0. The third-order valence-electron chi connectivity index (χ3n) is 6.90. The van der Waals surface area contributed by atoms with Gasteiger partial charge >= 0.3 is 0 Å². The molecule has 186 valence electrons. The molecule has 0 aromatic heterocycles. The minimum Gasteiger partial charge on any atom is -0.390 e. The number of rotatable bonds is 5. The molecule has 0 spiro atoms. The van der Waals surface area contributed by atoms with E-state index in [0.29, 0.717) is 0 Å². The highest BCUT2D eigenvalue weighted by Crippen LogP contribution is 2.26. The lowest BCUT2D eigenvalue weighted by Crippen LogP contribution is -2.45. The summed E-state index contributed by atoms with van der Waals surface area (Å²) in [5, 5.41) is 44.6. The van der Waals surface area contributed by atoms with E-state index in [1.54, 1.807) is 6.92 Å². The van der Waals surface area contributed by atoms with Crippen molar-refractivity contribution < 1.29 is 24.9 Å². The normalized spacial score (nSPS) is 27.8. The van der Waals surface area contributed by atoms with Gasteiger partial charge in [-0.05, 0) is 66.8 Å². The van der Waals surface area contributed by atoms with Crippen molar-refractivity contribution in [1.29, 1.82) is 5.26 Å². The molecule has 2 aromatic carbocycles. The smallest absolute Gasteiger partial charge is 0.262 e. The van der Waals surface area contributed by atoms with Crippen LogP contribution in [0.5, 0.6) is 0 Å². The molecule has 0 radical (unpaired) electrons. The van der Waals surface area contributed by atoms with Gasteiger partial charge in [0.05, 0.1) is 18.3 Å². The van der Waals surface area contributed by atoms with Crippen molar-refractivity contribution in [3.63, 3.8) is 0 Å². The average Bonchev–Trinajstić information content (AvgIpc) is 2.97. The van der Waals surface area contributed by atoms with E-state index in [-0.39, 0.29) is 18.5 Å². The van der Waals surface area contributed by atoms with Crippen LogP contribution >= 0.6 is 0 Å². The quantitative estimate of drug-likeness (QED) is 0.382. The van der Waals surface area contributed by atoms with Gasteiger partial charge in [0.15, 0.2) is 0 Å². The molecule has 1 unspecified atom stereocenters. The molecule has 2 aliphatic heterocycles. The minimum atomic E-state index is -1.26. The largest absolute Gasteiger partial charge is 0.390 e. The number of carbonyl (C=O) groups is 1. The van der Waals surface area contributed by atoms with Crippen molar-refractivity contribution >= 4 is 28.4 Å². The van der Waals surface area contributed by atoms with Gasteiger partial charge in [0.25, 0.3) is 5.91 Å². The number of nitrogens with one attached hydrogen (secondary N) is 1. The van der Waals surface area contributed by atoms with E-state index in [2.05, 4.69) is 28.4 Å². The average molecular weight is 480 g/mol. The first kappa shape index (κ1) is 25.1. The Bertz CT molecular complexity index is 1120. The van der Waals surface area contributed by atoms with E-state index >= 15 is 0 Å². The maximum absolute atomic E-state index is 12.7. The Morgan fingerprint density at radius 3 is 2.57 bits per heavy atom. The van der Waals surface area contributed by atoms with E-state index in [4.69, 9.17) is 4.74 Å². The highest BCUT2D eigenvalue weighted by molar-refractivity contribution is 6.02. The number of fused-ring (bicyclic) bond motifs is 1. The maximum Gasteiger partial charge on any atom is 0.262 e. The zero-order chi connectivity index (χ0) is 24.9. The summed E-state index contributed by atoms with van der Waals surface area (Å²) in [7, 11) is 0. The highest BCUT2D eigenvalue weighted by atomic mass is 16.5. The zero-order valence-corrected chi connectivity index (χ0v) is 19.9. The molecule has 2 aliphatic rings. The molecule has 0 aliphatic carbocycles. The van der Waals surface area contributed by atoms with Gasteiger partial charge < -0.3 is 30.3 Å². The van der Waals surface area contributed by atoms with Gasteiger partial charge in [0, 0.05) is 31.7 Å². The number of hydrogen-bond acceptors (Lipinski definition) is 7. The second-order valence-corrected chi connectivity index (χ2v) is 9.46. The maximum atomic E-state index is 12.7. The van der Waals surface area contributed by atoms with Gasteiger partial charge in [0.2, 0.25) is 0 Å². The van der Waals surface area contributed by atoms with Crippen LogP contribution in [0.1, 0.15) is 38.2 Å². The molecular weight excluding hydrogens is 446 g/mol. The van der Waals surface area contributed by atoms with Gasteiger partial charge in [-0.3, -0.25) is 4.79 Å². The molecule has 8 nitrogen and oxygen atoms in total. The van der Waals surface area contributed by atoms with Gasteiger partial charge in [-0.15, -0.1) is 0 Å². The van der Waals surface area contributed by atoms with Gasteiger partial charge in [-0.25, -0.2) is 0 Å². The zero-order valence-electron chi connectivity index (χ0n) is 19.9. The number of aliphatic hydroxyl groups excluding tert-OH is 3. The number of nitriles is 1. The third kappa shape index (κ3) is 6.00. The van der Waals surface area contributed by atoms with E-state index < -0.39 is 36.4 Å². The van der Waals surface area contributed by atoms with Crippen LogP contribution in [0.3, 0.4) is 0 Å². The standard InChI is InChI=1S/C27H33N3O5/c1-17-23(31)14-24(32)26(33)25(35-17)16-29-27(34)21(15-28)12-18-5-6-20-13-22(8-7-19(20)11-18)30-9-3-2-4-10-30/h5-8,11-13,17,23-26,31-33H,2-4,9-10,14,16H2,1H3,(H,29,34)/b21-12+/t17?,23-,24-,25-,26+/m1/s1. The van der Waals surface area contributed by atoms with Crippen molar-refractivity contribution in [3.05, 3.63) is 47.5 Å². The SMILES string of the molecule is CC1O[C@H](CNC(=O)/C(C#N)=C/c2ccc3cc(N4CCCCC4)ccc3c2)[C@@H](O)[C@H](O)C[C@H]1O. The van der Waals surface area contributed by atoms with Crippen molar-refractivity contribution in [3.8, 4) is 6.07 Å². The van der Waals surface area contributed by atoms with Gasteiger partial charge in [-0.2, -0.15) is 5.26 Å². The summed E-state index contributed by atoms with van der Waals surface area (Å²) in [6, 6.07) is 14.1. The molecule has 2 saturated heterocycles. The molecule has 2 fully saturated rings. The summed E-state index contributed by atoms with van der Waals surface area (Å²) in [5.41, 5.74) is 1.87. The Kier molecular flexibility index (Phi) is 8.04. The van der Waals surface area contributed by atoms with Crippen molar-refractivity contribution in [2.24, 2.45) is 0 Å². The number of hydrogen-bond donors (Lipinski definition) is 4. The molecule has 4 N–H and O–H groups in total. The lowest BCUT2D eigenvalue weighted by atomic mass is 10.0. The summed E-state index contributed by atoms with van der Waals surface area (Å²) < 4.78 is 5.61. The van der Waals surface area contributed by atoms with Gasteiger partial charge in [-0.1, -0.05) is 18.2 Å². The lowest BCUT2D eigenvalue weighted by Gasteiger charge is -2.29. The first-order valence-corrected chi connectivity index (χ1v) is 12.2. The number of carbonyl (C=O) groups excluding carboxylic acids is 1. The molecule has 35 heavy (non-hydrogen) atoms. The number of amides is 1. The molecule has 5 atom stereocenters. The Morgan fingerprint density at radius 1 is 1.11 bits per heavy atom. The molecule has 0 bridgehead atoms. The number of ether oxygens (including phenoxy) is 1. The Labute approximate surface area is 205 Å². The fraction of sp³-hybridized carbons (Fsp3) is 0.481. The first-order chi connectivity index (χ1) is 16.9. The Morgan fingerprint density at radius 2 is 1.83 bits per heavy atom. The topological polar surface area (TPSA) is 126 Å². The number of anilines is 1. The van der Waals surface area contributed by atoms with E-state index in [0.717, 1.165) is 29.4 Å². The van der Waals surface area contributed by atoms with E-state index in [9.17, 15) is 25.4 Å². The van der Waals surface area contributed by atoms with Crippen LogP contribution in [-0.4, -0.2) is 71.4 Å². The molecule has 0 saturated carbocycles. The predicted octanol–water partition coefficient (Wildman–Crippen LogP) is 2.11. The van der Waals surface area contributed by atoms with Crippen molar-refractivity contribution in [1.82, 2.24) is 5.32 Å². The lowest BCUT2D eigenvalue weighted by molar-refractivity contribution is -0.121. The molecule has 2 aromatic rings. The van der Waals surface area contributed by atoms with Crippen LogP contribution in [0.25, 0.3) is 16.8 Å². The van der Waals surface area contributed by atoms with Gasteiger partial charge in [0.1, 0.15) is 23.9 Å². The Hall–Kier alpha value is -2.96. The van der Waals surface area contributed by atoms with Crippen LogP contribution in [-0.2, 0) is 9.53 Å². The number of nitrogens with zero attached hydrogens (tertiary/aromatic N) is 2. The second kappa shape index (κ2) is 11.2. The second-order valence-electron chi connectivity index (χ2n) is 9.46.